The van der Waals surface area contributed by atoms with E-state index in [-0.39, 0.29) is 18.1 Å². The van der Waals surface area contributed by atoms with Gasteiger partial charge in [-0.1, -0.05) is 19.1 Å². The number of Topliss-reactive ketones (excluding diaryl/α,β-unsaturated/α-hetero) is 1. The zero-order valence-electron chi connectivity index (χ0n) is 8.43. The van der Waals surface area contributed by atoms with Crippen molar-refractivity contribution in [3.05, 3.63) is 35.4 Å². The Morgan fingerprint density at radius 2 is 2.07 bits per heavy atom. The third-order valence-corrected chi connectivity index (χ3v) is 2.08. The number of carbonyl (C=O) groups excluding carboxylic acids is 2. The van der Waals surface area contributed by atoms with Crippen LogP contribution in [0.15, 0.2) is 24.3 Å². The van der Waals surface area contributed by atoms with E-state index in [4.69, 9.17) is 5.26 Å². The van der Waals surface area contributed by atoms with Gasteiger partial charge in [-0.15, -0.1) is 0 Å². The van der Waals surface area contributed by atoms with Crippen LogP contribution in [0.1, 0.15) is 29.3 Å². The molecule has 3 nitrogen and oxygen atoms in total. The molecule has 0 heterocycles. The van der Waals surface area contributed by atoms with E-state index in [0.717, 1.165) is 6.29 Å². The Kier molecular flexibility index (Phi) is 3.75. The Bertz CT molecular complexity index is 401. The first-order valence-corrected chi connectivity index (χ1v) is 4.66. The average molecular weight is 201 g/mol. The van der Waals surface area contributed by atoms with Crippen LogP contribution in [0, 0.1) is 17.2 Å². The summed E-state index contributed by atoms with van der Waals surface area (Å²) in [5.74, 6) is -0.327. The summed E-state index contributed by atoms with van der Waals surface area (Å²) in [4.78, 5) is 21.9. The number of aldehydes is 1. The highest BCUT2D eigenvalue weighted by atomic mass is 16.1. The minimum Gasteiger partial charge on any atom is -0.303 e. The quantitative estimate of drug-likeness (QED) is 0.552. The summed E-state index contributed by atoms with van der Waals surface area (Å²) in [7, 11) is 0. The SMILES string of the molecule is CC(C=O)CC(=O)c1ccc(C#N)cc1. The number of ketones is 1. The molecule has 1 rings (SSSR count). The molecule has 0 saturated heterocycles. The van der Waals surface area contributed by atoms with Gasteiger partial charge in [0.25, 0.3) is 0 Å². The lowest BCUT2D eigenvalue weighted by molar-refractivity contribution is -0.110. The summed E-state index contributed by atoms with van der Waals surface area (Å²) in [6.45, 7) is 1.70. The maximum Gasteiger partial charge on any atom is 0.163 e. The number of hydrogen-bond acceptors (Lipinski definition) is 3. The Balaban J connectivity index is 2.75. The highest BCUT2D eigenvalue weighted by Gasteiger charge is 2.10. The van der Waals surface area contributed by atoms with Gasteiger partial charge in [0, 0.05) is 17.9 Å². The molecule has 1 aromatic carbocycles. The van der Waals surface area contributed by atoms with E-state index in [0.29, 0.717) is 11.1 Å². The molecule has 0 aliphatic heterocycles. The minimum atomic E-state index is -0.256. The summed E-state index contributed by atoms with van der Waals surface area (Å²) >= 11 is 0. The zero-order chi connectivity index (χ0) is 11.3. The standard InChI is InChI=1S/C12H11NO2/c1-9(8-14)6-12(15)11-4-2-10(7-13)3-5-11/h2-5,8-9H,6H2,1H3. The molecule has 0 amide bonds. The Labute approximate surface area is 88.3 Å². The van der Waals surface area contributed by atoms with E-state index >= 15 is 0 Å². The largest absolute Gasteiger partial charge is 0.303 e. The fourth-order valence-electron chi connectivity index (χ4n) is 1.19. The van der Waals surface area contributed by atoms with Crippen molar-refractivity contribution in [2.75, 3.05) is 0 Å². The van der Waals surface area contributed by atoms with Gasteiger partial charge in [0.1, 0.15) is 6.29 Å². The van der Waals surface area contributed by atoms with E-state index in [2.05, 4.69) is 0 Å². The van der Waals surface area contributed by atoms with E-state index in [1.165, 1.54) is 0 Å². The predicted molar refractivity (Wildman–Crippen MR) is 55.3 cm³/mol. The van der Waals surface area contributed by atoms with Crippen molar-refractivity contribution in [1.29, 1.82) is 5.26 Å². The van der Waals surface area contributed by atoms with Gasteiger partial charge in [-0.05, 0) is 12.1 Å². The van der Waals surface area contributed by atoms with Crippen molar-refractivity contribution < 1.29 is 9.59 Å². The Morgan fingerprint density at radius 1 is 1.47 bits per heavy atom. The molecular weight excluding hydrogens is 190 g/mol. The van der Waals surface area contributed by atoms with Crippen LogP contribution < -0.4 is 0 Å². The van der Waals surface area contributed by atoms with Crippen molar-refractivity contribution in [3.8, 4) is 6.07 Å². The fraction of sp³-hybridized carbons (Fsp3) is 0.250. The van der Waals surface area contributed by atoms with Gasteiger partial charge in [-0.2, -0.15) is 5.26 Å². The second-order valence-corrected chi connectivity index (χ2v) is 3.43. The lowest BCUT2D eigenvalue weighted by Gasteiger charge is -2.02. The summed E-state index contributed by atoms with van der Waals surface area (Å²) in [6.07, 6.45) is 0.983. The first-order valence-electron chi connectivity index (χ1n) is 4.66. The molecule has 0 aliphatic rings. The van der Waals surface area contributed by atoms with Crippen LogP contribution in [-0.2, 0) is 4.79 Å². The van der Waals surface area contributed by atoms with Crippen LogP contribution >= 0.6 is 0 Å². The lowest BCUT2D eigenvalue weighted by atomic mass is 10.0. The summed E-state index contributed by atoms with van der Waals surface area (Å²) in [5.41, 5.74) is 1.07. The van der Waals surface area contributed by atoms with Crippen LogP contribution in [0.5, 0.6) is 0 Å². The van der Waals surface area contributed by atoms with Gasteiger partial charge in [-0.3, -0.25) is 4.79 Å². The van der Waals surface area contributed by atoms with Crippen LogP contribution in [0.3, 0.4) is 0 Å². The molecular formula is C12H11NO2. The molecule has 3 heteroatoms. The van der Waals surface area contributed by atoms with E-state index < -0.39 is 0 Å². The first-order chi connectivity index (χ1) is 7.17. The predicted octanol–water partition coefficient (Wildman–Crippen LogP) is 1.97. The highest BCUT2D eigenvalue weighted by molar-refractivity contribution is 5.97. The van der Waals surface area contributed by atoms with Crippen molar-refractivity contribution in [3.63, 3.8) is 0 Å². The molecule has 0 N–H and O–H groups in total. The molecule has 0 spiro atoms. The molecule has 0 aliphatic carbocycles. The van der Waals surface area contributed by atoms with Crippen LogP contribution in [0.25, 0.3) is 0 Å². The molecule has 0 radical (unpaired) electrons. The fourth-order valence-corrected chi connectivity index (χ4v) is 1.19. The van der Waals surface area contributed by atoms with Gasteiger partial charge >= 0.3 is 0 Å². The molecule has 0 saturated carbocycles. The van der Waals surface area contributed by atoms with Crippen LogP contribution in [-0.4, -0.2) is 12.1 Å². The van der Waals surface area contributed by atoms with E-state index in [1.54, 1.807) is 31.2 Å². The monoisotopic (exact) mass is 201 g/mol. The summed E-state index contributed by atoms with van der Waals surface area (Å²) in [6, 6.07) is 8.39. The van der Waals surface area contributed by atoms with Gasteiger partial charge in [-0.25, -0.2) is 0 Å². The number of benzene rings is 1. The summed E-state index contributed by atoms with van der Waals surface area (Å²) in [5, 5.41) is 8.57. The lowest BCUT2D eigenvalue weighted by Crippen LogP contribution is -2.06. The molecule has 1 unspecified atom stereocenters. The number of nitriles is 1. The third-order valence-electron chi connectivity index (χ3n) is 2.08. The van der Waals surface area contributed by atoms with Crippen molar-refractivity contribution in [2.24, 2.45) is 5.92 Å². The van der Waals surface area contributed by atoms with Gasteiger partial charge < -0.3 is 4.79 Å². The molecule has 76 valence electrons. The maximum atomic E-state index is 11.6. The second-order valence-electron chi connectivity index (χ2n) is 3.43. The molecule has 15 heavy (non-hydrogen) atoms. The number of carbonyl (C=O) groups is 2. The molecule has 1 aromatic rings. The minimum absolute atomic E-state index is 0.0703. The number of nitrogens with zero attached hydrogens (tertiary/aromatic N) is 1. The molecule has 0 bridgehead atoms. The third kappa shape index (κ3) is 3.03. The Hall–Kier alpha value is -1.95. The Morgan fingerprint density at radius 3 is 2.53 bits per heavy atom. The molecule has 0 aromatic heterocycles. The van der Waals surface area contributed by atoms with E-state index in [9.17, 15) is 9.59 Å². The summed E-state index contributed by atoms with van der Waals surface area (Å²) < 4.78 is 0. The second kappa shape index (κ2) is 5.06. The van der Waals surface area contributed by atoms with Crippen molar-refractivity contribution >= 4 is 12.1 Å². The van der Waals surface area contributed by atoms with E-state index in [1.807, 2.05) is 6.07 Å². The zero-order valence-corrected chi connectivity index (χ0v) is 8.43. The van der Waals surface area contributed by atoms with Gasteiger partial charge in [0.2, 0.25) is 0 Å². The molecule has 0 fully saturated rings. The number of rotatable bonds is 4. The average Bonchev–Trinajstić information content (AvgIpc) is 2.29. The maximum absolute atomic E-state index is 11.6. The number of hydrogen-bond donors (Lipinski definition) is 0. The normalized spacial score (nSPS) is 11.5. The molecule has 1 atom stereocenters. The smallest absolute Gasteiger partial charge is 0.163 e. The van der Waals surface area contributed by atoms with Crippen LogP contribution in [0.2, 0.25) is 0 Å². The van der Waals surface area contributed by atoms with Gasteiger partial charge in [0.05, 0.1) is 11.6 Å². The first kappa shape index (κ1) is 11.1. The van der Waals surface area contributed by atoms with Crippen molar-refractivity contribution in [2.45, 2.75) is 13.3 Å². The highest BCUT2D eigenvalue weighted by Crippen LogP contribution is 2.09. The topological polar surface area (TPSA) is 57.9 Å². The van der Waals surface area contributed by atoms with Crippen LogP contribution in [0.4, 0.5) is 0 Å². The van der Waals surface area contributed by atoms with Crippen molar-refractivity contribution in [1.82, 2.24) is 0 Å². The van der Waals surface area contributed by atoms with Gasteiger partial charge in [0.15, 0.2) is 5.78 Å².